The zero-order valence-corrected chi connectivity index (χ0v) is 11.6. The van der Waals surface area contributed by atoms with Gasteiger partial charge >= 0.3 is 0 Å². The van der Waals surface area contributed by atoms with Gasteiger partial charge in [-0.1, -0.05) is 50.6 Å². The third-order valence-corrected chi connectivity index (χ3v) is 3.20. The van der Waals surface area contributed by atoms with Crippen molar-refractivity contribution in [1.29, 1.82) is 0 Å². The molecule has 0 spiro atoms. The van der Waals surface area contributed by atoms with Gasteiger partial charge in [-0.2, -0.15) is 0 Å². The molecule has 0 aliphatic rings. The number of rotatable bonds is 6. The summed E-state index contributed by atoms with van der Waals surface area (Å²) in [4.78, 5) is 0. The molecular weight excluding hydrogens is 234 g/mol. The lowest BCUT2D eigenvalue weighted by molar-refractivity contribution is 0.483. The van der Waals surface area contributed by atoms with Gasteiger partial charge in [0, 0.05) is 6.54 Å². The largest absolute Gasteiger partial charge is 0.455 e. The fourth-order valence-electron chi connectivity index (χ4n) is 1.75. The third-order valence-electron chi connectivity index (χ3n) is 3.20. The van der Waals surface area contributed by atoms with E-state index in [9.17, 15) is 0 Å². The summed E-state index contributed by atoms with van der Waals surface area (Å²) in [7, 11) is 0. The third kappa shape index (κ3) is 4.02. The summed E-state index contributed by atoms with van der Waals surface area (Å²) < 4.78 is 5.91. The molecule has 2 aromatic carbocycles. The van der Waals surface area contributed by atoms with E-state index in [0.717, 1.165) is 23.7 Å². The van der Waals surface area contributed by atoms with Crippen molar-refractivity contribution < 1.29 is 4.74 Å². The maximum atomic E-state index is 5.91. The van der Waals surface area contributed by atoms with Crippen LogP contribution in [0.15, 0.2) is 54.6 Å². The Hall–Kier alpha value is -1.96. The Balaban J connectivity index is 2.08. The summed E-state index contributed by atoms with van der Waals surface area (Å²) in [5.41, 5.74) is 1.05. The van der Waals surface area contributed by atoms with Crippen LogP contribution in [0.3, 0.4) is 0 Å². The van der Waals surface area contributed by atoms with Crippen molar-refractivity contribution in [2.24, 2.45) is 5.92 Å². The fourth-order valence-corrected chi connectivity index (χ4v) is 1.75. The van der Waals surface area contributed by atoms with E-state index < -0.39 is 0 Å². The lowest BCUT2D eigenvalue weighted by atomic mass is 10.1. The molecule has 19 heavy (non-hydrogen) atoms. The number of ether oxygens (including phenoxy) is 1. The predicted molar refractivity (Wildman–Crippen MR) is 80.9 cm³/mol. The van der Waals surface area contributed by atoms with Crippen LogP contribution in [0.25, 0.3) is 0 Å². The first-order valence-electron chi connectivity index (χ1n) is 6.85. The van der Waals surface area contributed by atoms with Gasteiger partial charge in [-0.3, -0.25) is 0 Å². The minimum absolute atomic E-state index is 0.657. The average molecular weight is 255 g/mol. The van der Waals surface area contributed by atoms with Gasteiger partial charge in [0.05, 0.1) is 5.69 Å². The summed E-state index contributed by atoms with van der Waals surface area (Å²) in [5, 5.41) is 3.46. The minimum Gasteiger partial charge on any atom is -0.455 e. The van der Waals surface area contributed by atoms with Crippen LogP contribution in [-0.4, -0.2) is 6.54 Å². The molecule has 0 heterocycles. The van der Waals surface area contributed by atoms with Gasteiger partial charge in [-0.05, 0) is 30.2 Å². The molecule has 100 valence electrons. The van der Waals surface area contributed by atoms with Gasteiger partial charge in [-0.15, -0.1) is 0 Å². The summed E-state index contributed by atoms with van der Waals surface area (Å²) in [5.74, 6) is 2.39. The molecule has 0 bridgehead atoms. The molecule has 2 aromatic rings. The standard InChI is InChI=1S/C17H21NO/c1-3-14(2)13-18-16-11-7-8-12-17(16)19-15-9-5-4-6-10-15/h4-12,14,18H,3,13H2,1-2H3. The molecule has 0 aliphatic heterocycles. The van der Waals surface area contributed by atoms with E-state index in [0.29, 0.717) is 5.92 Å². The van der Waals surface area contributed by atoms with Gasteiger partial charge in [0.15, 0.2) is 5.75 Å². The van der Waals surface area contributed by atoms with Crippen LogP contribution in [0.2, 0.25) is 0 Å². The van der Waals surface area contributed by atoms with E-state index in [-0.39, 0.29) is 0 Å². The second kappa shape index (κ2) is 6.83. The van der Waals surface area contributed by atoms with E-state index in [1.165, 1.54) is 6.42 Å². The zero-order chi connectivity index (χ0) is 13.5. The van der Waals surface area contributed by atoms with Gasteiger partial charge in [0.25, 0.3) is 0 Å². The van der Waals surface area contributed by atoms with Crippen LogP contribution in [0, 0.1) is 5.92 Å². The Morgan fingerprint density at radius 1 is 1.00 bits per heavy atom. The Morgan fingerprint density at radius 3 is 2.42 bits per heavy atom. The first kappa shape index (κ1) is 13.5. The first-order valence-corrected chi connectivity index (χ1v) is 6.85. The summed E-state index contributed by atoms with van der Waals surface area (Å²) >= 11 is 0. The smallest absolute Gasteiger partial charge is 0.150 e. The molecule has 0 aromatic heterocycles. The molecule has 1 N–H and O–H groups in total. The fraction of sp³-hybridized carbons (Fsp3) is 0.294. The molecule has 1 unspecified atom stereocenters. The molecule has 0 aliphatic carbocycles. The van der Waals surface area contributed by atoms with Crippen molar-refractivity contribution >= 4 is 5.69 Å². The Morgan fingerprint density at radius 2 is 1.68 bits per heavy atom. The van der Waals surface area contributed by atoms with Crippen molar-refractivity contribution in [1.82, 2.24) is 0 Å². The number of para-hydroxylation sites is 3. The molecule has 0 saturated heterocycles. The van der Waals surface area contributed by atoms with Crippen molar-refractivity contribution in [2.75, 3.05) is 11.9 Å². The van der Waals surface area contributed by atoms with Crippen molar-refractivity contribution in [3.05, 3.63) is 54.6 Å². The highest BCUT2D eigenvalue weighted by Gasteiger charge is 2.05. The van der Waals surface area contributed by atoms with E-state index in [4.69, 9.17) is 4.74 Å². The first-order chi connectivity index (χ1) is 9.29. The van der Waals surface area contributed by atoms with Crippen LogP contribution in [0.4, 0.5) is 5.69 Å². The van der Waals surface area contributed by atoms with E-state index in [1.807, 2.05) is 48.5 Å². The summed E-state index contributed by atoms with van der Waals surface area (Å²) in [6.07, 6.45) is 1.18. The highest BCUT2D eigenvalue weighted by Crippen LogP contribution is 2.29. The minimum atomic E-state index is 0.657. The van der Waals surface area contributed by atoms with Gasteiger partial charge in [0.1, 0.15) is 5.75 Å². The van der Waals surface area contributed by atoms with Crippen LogP contribution >= 0.6 is 0 Å². The number of anilines is 1. The average Bonchev–Trinajstić information content (AvgIpc) is 2.47. The molecule has 0 radical (unpaired) electrons. The Kier molecular flexibility index (Phi) is 4.85. The second-order valence-electron chi connectivity index (χ2n) is 4.81. The van der Waals surface area contributed by atoms with Crippen LogP contribution in [-0.2, 0) is 0 Å². The zero-order valence-electron chi connectivity index (χ0n) is 11.6. The molecular formula is C17H21NO. The molecule has 2 nitrogen and oxygen atoms in total. The van der Waals surface area contributed by atoms with E-state index >= 15 is 0 Å². The van der Waals surface area contributed by atoms with Crippen LogP contribution in [0.1, 0.15) is 20.3 Å². The highest BCUT2D eigenvalue weighted by atomic mass is 16.5. The van der Waals surface area contributed by atoms with Gasteiger partial charge in [-0.25, -0.2) is 0 Å². The number of benzene rings is 2. The maximum Gasteiger partial charge on any atom is 0.150 e. The predicted octanol–water partition coefficient (Wildman–Crippen LogP) is 4.94. The maximum absolute atomic E-state index is 5.91. The molecule has 0 fully saturated rings. The van der Waals surface area contributed by atoms with Crippen LogP contribution in [0.5, 0.6) is 11.5 Å². The summed E-state index contributed by atoms with van der Waals surface area (Å²) in [6.45, 7) is 5.41. The van der Waals surface area contributed by atoms with Crippen molar-refractivity contribution in [2.45, 2.75) is 20.3 Å². The molecule has 1 atom stereocenters. The SMILES string of the molecule is CCC(C)CNc1ccccc1Oc1ccccc1. The molecule has 2 rings (SSSR count). The number of hydrogen-bond donors (Lipinski definition) is 1. The Bertz CT molecular complexity index is 496. The quantitative estimate of drug-likeness (QED) is 0.789. The van der Waals surface area contributed by atoms with E-state index in [1.54, 1.807) is 0 Å². The summed E-state index contributed by atoms with van der Waals surface area (Å²) in [6, 6.07) is 17.9. The monoisotopic (exact) mass is 255 g/mol. The number of nitrogens with one attached hydrogen (secondary N) is 1. The van der Waals surface area contributed by atoms with Crippen LogP contribution < -0.4 is 10.1 Å². The lowest BCUT2D eigenvalue weighted by Crippen LogP contribution is -2.10. The molecule has 2 heteroatoms. The topological polar surface area (TPSA) is 21.3 Å². The number of hydrogen-bond acceptors (Lipinski definition) is 2. The van der Waals surface area contributed by atoms with Gasteiger partial charge < -0.3 is 10.1 Å². The highest BCUT2D eigenvalue weighted by molar-refractivity contribution is 5.57. The normalized spacial score (nSPS) is 11.9. The molecule has 0 amide bonds. The van der Waals surface area contributed by atoms with E-state index in [2.05, 4.69) is 25.2 Å². The van der Waals surface area contributed by atoms with Crippen molar-refractivity contribution in [3.8, 4) is 11.5 Å². The Labute approximate surface area is 115 Å². The lowest BCUT2D eigenvalue weighted by Gasteiger charge is -2.15. The second-order valence-corrected chi connectivity index (χ2v) is 4.81. The van der Waals surface area contributed by atoms with Crippen molar-refractivity contribution in [3.63, 3.8) is 0 Å². The molecule has 0 saturated carbocycles. The van der Waals surface area contributed by atoms with Gasteiger partial charge in [0.2, 0.25) is 0 Å².